The Morgan fingerprint density at radius 2 is 1.81 bits per heavy atom. The van der Waals surface area contributed by atoms with E-state index in [4.69, 9.17) is 15.5 Å². The summed E-state index contributed by atoms with van der Waals surface area (Å²) in [7, 11) is 0. The van der Waals surface area contributed by atoms with E-state index in [-0.39, 0.29) is 11.3 Å². The smallest absolute Gasteiger partial charge is 0.256 e. The van der Waals surface area contributed by atoms with Gasteiger partial charge in [-0.05, 0) is 37.5 Å². The second-order valence-electron chi connectivity index (χ2n) is 12.2. The number of anilines is 5. The van der Waals surface area contributed by atoms with Gasteiger partial charge in [-0.2, -0.15) is 10.1 Å². The lowest BCUT2D eigenvalue weighted by molar-refractivity contribution is 0.0114. The van der Waals surface area contributed by atoms with Crippen molar-refractivity contribution in [3.05, 3.63) is 47.4 Å². The van der Waals surface area contributed by atoms with Crippen LogP contribution in [0.5, 0.6) is 0 Å². The Morgan fingerprint density at radius 3 is 2.53 bits per heavy atom. The molecule has 0 radical (unpaired) electrons. The molecular weight excluding hydrogens is 546 g/mol. The van der Waals surface area contributed by atoms with Crippen molar-refractivity contribution >= 4 is 46.0 Å². The standard InChI is InChI=1S/C30H39N11O2/c1-18-5-6-19(28(42)35-23-16-22(38-39-23)30(2,3)4)15-21(18)34-27-25-24(32-17-33-27)26(31)37-29(36-25)41-9-7-20(8-10-41)40-11-13-43-14-12-40/h5-6,15-17,20H,7-14H2,1-4H3,(H2,31,36,37)(H,32,33,34)(H2,35,38,39,42). The lowest BCUT2D eigenvalue weighted by atomic mass is 9.92. The average Bonchev–Trinajstić information content (AvgIpc) is 3.48. The molecule has 13 heteroatoms. The van der Waals surface area contributed by atoms with Gasteiger partial charge in [0.2, 0.25) is 5.95 Å². The van der Waals surface area contributed by atoms with Gasteiger partial charge in [0.15, 0.2) is 11.6 Å². The first-order chi connectivity index (χ1) is 20.7. The summed E-state index contributed by atoms with van der Waals surface area (Å²) in [5.41, 5.74) is 10.3. The Bertz CT molecular complexity index is 1620. The molecular formula is C30H39N11O2. The summed E-state index contributed by atoms with van der Waals surface area (Å²) in [6, 6.07) is 7.86. The monoisotopic (exact) mass is 585 g/mol. The first-order valence-corrected chi connectivity index (χ1v) is 14.8. The van der Waals surface area contributed by atoms with Crippen LogP contribution in [-0.4, -0.2) is 86.4 Å². The molecule has 1 aromatic carbocycles. The van der Waals surface area contributed by atoms with Crippen molar-refractivity contribution in [2.24, 2.45) is 0 Å². The predicted octanol–water partition coefficient (Wildman–Crippen LogP) is 3.63. The molecule has 0 atom stereocenters. The zero-order valence-corrected chi connectivity index (χ0v) is 25.1. The number of nitrogens with two attached hydrogens (primary N) is 1. The number of piperidine rings is 1. The van der Waals surface area contributed by atoms with E-state index in [0.29, 0.717) is 46.0 Å². The lowest BCUT2D eigenvalue weighted by Gasteiger charge is -2.40. The molecule has 13 nitrogen and oxygen atoms in total. The molecule has 0 bridgehead atoms. The number of hydrogen-bond donors (Lipinski definition) is 4. The minimum Gasteiger partial charge on any atom is -0.382 e. The van der Waals surface area contributed by atoms with Crippen LogP contribution in [0.4, 0.5) is 29.1 Å². The molecule has 2 fully saturated rings. The number of fused-ring (bicyclic) bond motifs is 1. The largest absolute Gasteiger partial charge is 0.382 e. The minimum atomic E-state index is -0.256. The van der Waals surface area contributed by atoms with E-state index >= 15 is 0 Å². The molecule has 5 heterocycles. The Labute approximate surface area is 250 Å². The lowest BCUT2D eigenvalue weighted by Crippen LogP contribution is -2.49. The van der Waals surface area contributed by atoms with Crippen molar-refractivity contribution in [3.8, 4) is 0 Å². The number of morpholine rings is 1. The van der Waals surface area contributed by atoms with Crippen molar-refractivity contribution in [1.82, 2.24) is 35.0 Å². The van der Waals surface area contributed by atoms with Gasteiger partial charge in [-0.15, -0.1) is 0 Å². The van der Waals surface area contributed by atoms with E-state index in [1.165, 1.54) is 6.33 Å². The number of nitrogen functional groups attached to an aromatic ring is 1. The number of carbonyl (C=O) groups excluding carboxylic acids is 1. The van der Waals surface area contributed by atoms with Gasteiger partial charge in [0.1, 0.15) is 23.2 Å². The normalized spacial score (nSPS) is 16.9. The molecule has 6 rings (SSSR count). The fraction of sp³-hybridized carbons (Fsp3) is 0.467. The Kier molecular flexibility index (Phi) is 7.84. The predicted molar refractivity (Wildman–Crippen MR) is 167 cm³/mol. The molecule has 3 aromatic heterocycles. The number of amides is 1. The molecule has 2 saturated heterocycles. The van der Waals surface area contributed by atoms with Crippen molar-refractivity contribution < 1.29 is 9.53 Å². The zero-order valence-electron chi connectivity index (χ0n) is 25.1. The summed E-state index contributed by atoms with van der Waals surface area (Å²) in [6.45, 7) is 13.4. The summed E-state index contributed by atoms with van der Waals surface area (Å²) < 4.78 is 5.52. The van der Waals surface area contributed by atoms with Crippen LogP contribution in [0.1, 0.15) is 55.2 Å². The van der Waals surface area contributed by atoms with E-state index in [1.807, 2.05) is 19.1 Å². The second-order valence-corrected chi connectivity index (χ2v) is 12.2. The molecule has 0 unspecified atom stereocenters. The fourth-order valence-corrected chi connectivity index (χ4v) is 5.55. The van der Waals surface area contributed by atoms with Crippen molar-refractivity contribution in [1.29, 1.82) is 0 Å². The van der Waals surface area contributed by atoms with Crippen LogP contribution >= 0.6 is 0 Å². The number of aromatic amines is 1. The third kappa shape index (κ3) is 6.22. The SMILES string of the molecule is Cc1ccc(C(=O)Nc2cc(C(C)(C)C)n[nH]2)cc1Nc1ncnc2c(N)nc(N3CCC(N4CCOCC4)CC3)nc12. The number of benzene rings is 1. The molecule has 2 aliphatic heterocycles. The third-order valence-corrected chi connectivity index (χ3v) is 8.15. The topological polar surface area (TPSA) is 163 Å². The van der Waals surface area contributed by atoms with Gasteiger partial charge in [0, 0.05) is 55.0 Å². The van der Waals surface area contributed by atoms with Crippen LogP contribution in [0.15, 0.2) is 30.6 Å². The summed E-state index contributed by atoms with van der Waals surface area (Å²) in [5, 5.41) is 13.5. The maximum Gasteiger partial charge on any atom is 0.256 e. The summed E-state index contributed by atoms with van der Waals surface area (Å²) in [5.74, 6) is 1.66. The van der Waals surface area contributed by atoms with Crippen molar-refractivity contribution in [2.75, 3.05) is 60.7 Å². The van der Waals surface area contributed by atoms with Crippen LogP contribution in [0.25, 0.3) is 11.0 Å². The van der Waals surface area contributed by atoms with Crippen LogP contribution in [0.2, 0.25) is 0 Å². The van der Waals surface area contributed by atoms with Gasteiger partial charge in [0.25, 0.3) is 5.91 Å². The number of aromatic nitrogens is 6. The number of nitrogens with zero attached hydrogens (tertiary/aromatic N) is 7. The number of rotatable bonds is 6. The quantitative estimate of drug-likeness (QED) is 0.261. The summed E-state index contributed by atoms with van der Waals surface area (Å²) >= 11 is 0. The van der Waals surface area contributed by atoms with E-state index in [9.17, 15) is 4.79 Å². The first kappa shape index (κ1) is 28.7. The van der Waals surface area contributed by atoms with Crippen LogP contribution in [0, 0.1) is 6.92 Å². The second kappa shape index (κ2) is 11.7. The zero-order chi connectivity index (χ0) is 30.1. The number of aryl methyl sites for hydroxylation is 1. The van der Waals surface area contributed by atoms with Crippen LogP contribution in [-0.2, 0) is 10.2 Å². The molecule has 4 aromatic rings. The number of ether oxygens (including phenoxy) is 1. The maximum atomic E-state index is 13.1. The number of carbonyl (C=O) groups is 1. The summed E-state index contributed by atoms with van der Waals surface area (Å²) in [4.78, 5) is 36.2. The highest BCUT2D eigenvalue weighted by Crippen LogP contribution is 2.30. The number of H-pyrrole nitrogens is 1. The van der Waals surface area contributed by atoms with Crippen molar-refractivity contribution in [2.45, 2.75) is 52.0 Å². The molecule has 1 amide bonds. The van der Waals surface area contributed by atoms with Crippen LogP contribution < -0.4 is 21.3 Å². The fourth-order valence-electron chi connectivity index (χ4n) is 5.55. The van der Waals surface area contributed by atoms with Gasteiger partial charge in [-0.3, -0.25) is 14.8 Å². The number of hydrogen-bond acceptors (Lipinski definition) is 11. The molecule has 2 aliphatic rings. The molecule has 5 N–H and O–H groups in total. The Hall–Kier alpha value is -4.36. The molecule has 0 saturated carbocycles. The highest BCUT2D eigenvalue weighted by atomic mass is 16.5. The molecule has 0 spiro atoms. The highest BCUT2D eigenvalue weighted by Gasteiger charge is 2.28. The third-order valence-electron chi connectivity index (χ3n) is 8.15. The highest BCUT2D eigenvalue weighted by molar-refractivity contribution is 6.04. The summed E-state index contributed by atoms with van der Waals surface area (Å²) in [6.07, 6.45) is 3.50. The Morgan fingerprint density at radius 1 is 1.05 bits per heavy atom. The van der Waals surface area contributed by atoms with Crippen molar-refractivity contribution in [3.63, 3.8) is 0 Å². The molecule has 43 heavy (non-hydrogen) atoms. The average molecular weight is 586 g/mol. The first-order valence-electron chi connectivity index (χ1n) is 14.8. The molecule has 0 aliphatic carbocycles. The van der Waals surface area contributed by atoms with E-state index in [0.717, 1.165) is 69.2 Å². The van der Waals surface area contributed by atoms with Gasteiger partial charge in [-0.25, -0.2) is 15.0 Å². The maximum absolute atomic E-state index is 13.1. The van der Waals surface area contributed by atoms with Gasteiger partial charge in [0.05, 0.1) is 18.9 Å². The minimum absolute atomic E-state index is 0.132. The Balaban J connectivity index is 1.21. The van der Waals surface area contributed by atoms with Gasteiger partial charge in [-0.1, -0.05) is 26.8 Å². The van der Waals surface area contributed by atoms with Gasteiger partial charge >= 0.3 is 0 Å². The van der Waals surface area contributed by atoms with Gasteiger partial charge < -0.3 is 26.0 Å². The van der Waals surface area contributed by atoms with E-state index < -0.39 is 0 Å². The van der Waals surface area contributed by atoms with E-state index in [2.05, 4.69) is 66.4 Å². The number of nitrogens with one attached hydrogen (secondary N) is 3. The molecule has 226 valence electrons. The van der Waals surface area contributed by atoms with Crippen LogP contribution in [0.3, 0.4) is 0 Å². The van der Waals surface area contributed by atoms with E-state index in [1.54, 1.807) is 12.1 Å².